The van der Waals surface area contributed by atoms with Crippen LogP contribution in [0.1, 0.15) is 23.6 Å². The van der Waals surface area contributed by atoms with E-state index in [4.69, 9.17) is 25.8 Å². The summed E-state index contributed by atoms with van der Waals surface area (Å²) in [6.07, 6.45) is 3.16. The standard InChI is InChI=1S/C28H26ClN3O4/c1-3-34-25-15-21(14-23(29)28(25)36-17-20-8-4-7-19(2)13-20)16-31-32-26(33)18-35-24-11-5-9-22-10-6-12-30-27(22)24/h4-16H,3,17-18H2,1-2H3,(H,32,33)/b31-16+. The minimum atomic E-state index is -0.409. The molecule has 0 saturated heterocycles. The van der Waals surface area contributed by atoms with Crippen molar-refractivity contribution in [2.45, 2.75) is 20.5 Å². The van der Waals surface area contributed by atoms with Gasteiger partial charge in [0.15, 0.2) is 18.1 Å². The van der Waals surface area contributed by atoms with Gasteiger partial charge in [-0.3, -0.25) is 9.78 Å². The number of amides is 1. The number of pyridine rings is 1. The van der Waals surface area contributed by atoms with Crippen molar-refractivity contribution in [3.63, 3.8) is 0 Å². The maximum absolute atomic E-state index is 12.2. The van der Waals surface area contributed by atoms with Gasteiger partial charge in [0, 0.05) is 11.6 Å². The summed E-state index contributed by atoms with van der Waals surface area (Å²) in [6, 6.07) is 20.8. The normalized spacial score (nSPS) is 11.0. The van der Waals surface area contributed by atoms with Crippen LogP contribution < -0.4 is 19.6 Å². The molecule has 0 bridgehead atoms. The van der Waals surface area contributed by atoms with Crippen molar-refractivity contribution in [3.8, 4) is 17.2 Å². The molecule has 7 nitrogen and oxygen atoms in total. The summed E-state index contributed by atoms with van der Waals surface area (Å²) >= 11 is 6.49. The molecule has 0 radical (unpaired) electrons. The van der Waals surface area contributed by atoms with Crippen molar-refractivity contribution in [2.75, 3.05) is 13.2 Å². The van der Waals surface area contributed by atoms with Gasteiger partial charge in [-0.15, -0.1) is 0 Å². The monoisotopic (exact) mass is 503 g/mol. The second kappa shape index (κ2) is 12.0. The molecule has 8 heteroatoms. The van der Waals surface area contributed by atoms with Crippen molar-refractivity contribution >= 4 is 34.6 Å². The highest BCUT2D eigenvalue weighted by Crippen LogP contribution is 2.37. The maximum Gasteiger partial charge on any atom is 0.277 e. The molecule has 184 valence electrons. The highest BCUT2D eigenvalue weighted by Gasteiger charge is 2.13. The molecule has 0 saturated carbocycles. The molecule has 0 spiro atoms. The molecule has 0 aliphatic rings. The van der Waals surface area contributed by atoms with Gasteiger partial charge in [-0.25, -0.2) is 5.43 Å². The van der Waals surface area contributed by atoms with E-state index in [0.29, 0.717) is 46.6 Å². The Bertz CT molecular complexity index is 1390. The molecule has 0 fully saturated rings. The van der Waals surface area contributed by atoms with E-state index in [1.807, 2.05) is 56.3 Å². The molecule has 0 aliphatic carbocycles. The van der Waals surface area contributed by atoms with Crippen molar-refractivity contribution in [2.24, 2.45) is 5.10 Å². The summed E-state index contributed by atoms with van der Waals surface area (Å²) in [5.74, 6) is 1.07. The summed E-state index contributed by atoms with van der Waals surface area (Å²) in [6.45, 7) is 4.50. The summed E-state index contributed by atoms with van der Waals surface area (Å²) < 4.78 is 17.3. The van der Waals surface area contributed by atoms with Gasteiger partial charge in [0.1, 0.15) is 17.9 Å². The average molecular weight is 504 g/mol. The van der Waals surface area contributed by atoms with Crippen LogP contribution in [0.15, 0.2) is 78.0 Å². The van der Waals surface area contributed by atoms with Gasteiger partial charge in [0.25, 0.3) is 5.91 Å². The number of rotatable bonds is 10. The van der Waals surface area contributed by atoms with Crippen LogP contribution in [0.25, 0.3) is 10.9 Å². The lowest BCUT2D eigenvalue weighted by molar-refractivity contribution is -0.123. The number of para-hydroxylation sites is 1. The first-order chi connectivity index (χ1) is 17.5. The molecule has 1 amide bonds. The smallest absolute Gasteiger partial charge is 0.277 e. The quantitative estimate of drug-likeness (QED) is 0.221. The van der Waals surface area contributed by atoms with Gasteiger partial charge in [-0.2, -0.15) is 5.10 Å². The number of ether oxygens (including phenoxy) is 3. The third-order valence-electron chi connectivity index (χ3n) is 5.15. The van der Waals surface area contributed by atoms with Crippen LogP contribution in [0.4, 0.5) is 0 Å². The van der Waals surface area contributed by atoms with Gasteiger partial charge in [0.2, 0.25) is 0 Å². The van der Waals surface area contributed by atoms with Crippen LogP contribution in [0.2, 0.25) is 5.02 Å². The van der Waals surface area contributed by atoms with Crippen LogP contribution in [0.3, 0.4) is 0 Å². The first kappa shape index (κ1) is 25.0. The Labute approximate surface area is 214 Å². The summed E-state index contributed by atoms with van der Waals surface area (Å²) in [7, 11) is 0. The Hall–Kier alpha value is -4.10. The number of hydrogen-bond donors (Lipinski definition) is 1. The number of aromatic nitrogens is 1. The zero-order valence-electron chi connectivity index (χ0n) is 20.0. The number of nitrogens with one attached hydrogen (secondary N) is 1. The van der Waals surface area contributed by atoms with E-state index in [9.17, 15) is 4.79 Å². The number of aryl methyl sites for hydroxylation is 1. The lowest BCUT2D eigenvalue weighted by Gasteiger charge is -2.14. The molecule has 0 atom stereocenters. The molecule has 1 N–H and O–H groups in total. The van der Waals surface area contributed by atoms with E-state index in [1.165, 1.54) is 6.21 Å². The van der Waals surface area contributed by atoms with E-state index < -0.39 is 5.91 Å². The van der Waals surface area contributed by atoms with E-state index in [2.05, 4.69) is 21.6 Å². The highest BCUT2D eigenvalue weighted by atomic mass is 35.5. The zero-order valence-corrected chi connectivity index (χ0v) is 20.8. The number of hydrogen-bond acceptors (Lipinski definition) is 6. The third-order valence-corrected chi connectivity index (χ3v) is 5.44. The SMILES string of the molecule is CCOc1cc(/C=N/NC(=O)COc2cccc3cccnc23)cc(Cl)c1OCc1cccc(C)c1. The molecule has 3 aromatic carbocycles. The van der Waals surface area contributed by atoms with E-state index in [-0.39, 0.29) is 6.61 Å². The van der Waals surface area contributed by atoms with Crippen molar-refractivity contribution < 1.29 is 19.0 Å². The van der Waals surface area contributed by atoms with Crippen LogP contribution in [-0.2, 0) is 11.4 Å². The maximum atomic E-state index is 12.2. The molecule has 0 aliphatic heterocycles. The summed E-state index contributed by atoms with van der Waals surface area (Å²) in [5.41, 5.74) is 5.98. The van der Waals surface area contributed by atoms with Crippen LogP contribution >= 0.6 is 11.6 Å². The number of benzene rings is 3. The van der Waals surface area contributed by atoms with E-state index >= 15 is 0 Å². The summed E-state index contributed by atoms with van der Waals surface area (Å²) in [4.78, 5) is 16.5. The largest absolute Gasteiger partial charge is 0.490 e. The number of hydrazone groups is 1. The second-order valence-corrected chi connectivity index (χ2v) is 8.36. The topological polar surface area (TPSA) is 82.0 Å². The molecule has 1 aromatic heterocycles. The molecular weight excluding hydrogens is 478 g/mol. The molecule has 4 rings (SSSR count). The summed E-state index contributed by atoms with van der Waals surface area (Å²) in [5, 5.41) is 5.33. The Morgan fingerprint density at radius 1 is 1.03 bits per heavy atom. The van der Waals surface area contributed by atoms with Gasteiger partial charge in [-0.1, -0.05) is 59.6 Å². The Morgan fingerprint density at radius 3 is 2.69 bits per heavy atom. The highest BCUT2D eigenvalue weighted by molar-refractivity contribution is 6.32. The van der Waals surface area contributed by atoms with Crippen LogP contribution in [-0.4, -0.2) is 30.3 Å². The lowest BCUT2D eigenvalue weighted by Crippen LogP contribution is -2.24. The second-order valence-electron chi connectivity index (χ2n) is 7.95. The van der Waals surface area contributed by atoms with E-state index in [0.717, 1.165) is 16.5 Å². The molecule has 36 heavy (non-hydrogen) atoms. The van der Waals surface area contributed by atoms with Crippen molar-refractivity contribution in [1.29, 1.82) is 0 Å². The fraction of sp³-hybridized carbons (Fsp3) is 0.179. The van der Waals surface area contributed by atoms with Gasteiger partial charge in [-0.05, 0) is 49.2 Å². The van der Waals surface area contributed by atoms with E-state index in [1.54, 1.807) is 24.4 Å². The molecule has 0 unspecified atom stereocenters. The first-order valence-electron chi connectivity index (χ1n) is 11.5. The number of carbonyl (C=O) groups excluding carboxylic acids is 1. The number of carbonyl (C=O) groups is 1. The molecule has 1 heterocycles. The van der Waals surface area contributed by atoms with Gasteiger partial charge >= 0.3 is 0 Å². The van der Waals surface area contributed by atoms with Crippen LogP contribution in [0, 0.1) is 6.92 Å². The number of nitrogens with zero attached hydrogens (tertiary/aromatic N) is 2. The van der Waals surface area contributed by atoms with Crippen molar-refractivity contribution in [3.05, 3.63) is 94.6 Å². The fourth-order valence-corrected chi connectivity index (χ4v) is 3.84. The predicted molar refractivity (Wildman–Crippen MR) is 141 cm³/mol. The number of halogens is 1. The zero-order chi connectivity index (χ0) is 25.3. The Morgan fingerprint density at radius 2 is 1.86 bits per heavy atom. The Balaban J connectivity index is 1.38. The van der Waals surface area contributed by atoms with Gasteiger partial charge in [0.05, 0.1) is 17.8 Å². The lowest BCUT2D eigenvalue weighted by atomic mass is 10.1. The number of fused-ring (bicyclic) bond motifs is 1. The van der Waals surface area contributed by atoms with Crippen LogP contribution in [0.5, 0.6) is 17.2 Å². The predicted octanol–water partition coefficient (Wildman–Crippen LogP) is 5.70. The minimum Gasteiger partial charge on any atom is -0.490 e. The third kappa shape index (κ3) is 6.52. The fourth-order valence-electron chi connectivity index (χ4n) is 3.57. The van der Waals surface area contributed by atoms with Crippen molar-refractivity contribution in [1.82, 2.24) is 10.4 Å². The van der Waals surface area contributed by atoms with Gasteiger partial charge < -0.3 is 14.2 Å². The minimum absolute atomic E-state index is 0.205. The molecule has 4 aromatic rings. The molecular formula is C28H26ClN3O4. The first-order valence-corrected chi connectivity index (χ1v) is 11.8. The Kier molecular flexibility index (Phi) is 8.36. The average Bonchev–Trinajstić information content (AvgIpc) is 2.87.